The van der Waals surface area contributed by atoms with E-state index >= 15 is 0 Å². The van der Waals surface area contributed by atoms with Crippen LogP contribution < -0.4 is 4.74 Å². The highest BCUT2D eigenvalue weighted by Crippen LogP contribution is 2.45. The van der Waals surface area contributed by atoms with Crippen LogP contribution >= 0.6 is 0 Å². The molecule has 0 aromatic heterocycles. The highest BCUT2D eigenvalue weighted by Gasteiger charge is 2.31. The highest BCUT2D eigenvalue weighted by molar-refractivity contribution is 5.95. The summed E-state index contributed by atoms with van der Waals surface area (Å²) in [6, 6.07) is 3.85. The average molecular weight is 346 g/mol. The van der Waals surface area contributed by atoms with Crippen molar-refractivity contribution in [2.24, 2.45) is 5.92 Å². The maximum absolute atomic E-state index is 14.1. The molecule has 0 fully saturated rings. The third-order valence-corrected chi connectivity index (χ3v) is 4.84. The van der Waals surface area contributed by atoms with Crippen LogP contribution in [0.25, 0.3) is 11.1 Å². The maximum atomic E-state index is 14.1. The van der Waals surface area contributed by atoms with Crippen LogP contribution in [0.2, 0.25) is 0 Å². The third-order valence-electron chi connectivity index (χ3n) is 4.84. The lowest BCUT2D eigenvalue weighted by Gasteiger charge is -2.34. The van der Waals surface area contributed by atoms with Crippen LogP contribution in [-0.4, -0.2) is 17.7 Å². The molecular formula is C21H27FO3. The second kappa shape index (κ2) is 7.03. The molecule has 4 heteroatoms. The van der Waals surface area contributed by atoms with E-state index in [1.165, 1.54) is 12.5 Å². The molecule has 0 saturated heterocycles. The van der Waals surface area contributed by atoms with Crippen molar-refractivity contribution in [2.45, 2.75) is 53.4 Å². The number of allylic oxidation sites excluding steroid dienone is 3. The van der Waals surface area contributed by atoms with Crippen molar-refractivity contribution in [2.75, 3.05) is 6.61 Å². The Morgan fingerprint density at radius 1 is 1.36 bits per heavy atom. The molecule has 0 saturated carbocycles. The Bertz CT molecular complexity index is 755. The van der Waals surface area contributed by atoms with Crippen LogP contribution in [0, 0.1) is 5.92 Å². The molecule has 1 aliphatic rings. The van der Waals surface area contributed by atoms with E-state index < -0.39 is 11.8 Å². The number of fused-ring (bicyclic) bond motifs is 1. The van der Waals surface area contributed by atoms with Crippen LogP contribution in [-0.2, 0) is 10.2 Å². The number of carboxylic acids is 1. The number of carbonyl (C=O) groups is 1. The Kier molecular flexibility index (Phi) is 5.40. The van der Waals surface area contributed by atoms with E-state index in [1.807, 2.05) is 19.1 Å². The van der Waals surface area contributed by atoms with Crippen molar-refractivity contribution in [1.82, 2.24) is 0 Å². The summed E-state index contributed by atoms with van der Waals surface area (Å²) < 4.78 is 19.8. The molecule has 25 heavy (non-hydrogen) atoms. The van der Waals surface area contributed by atoms with Crippen LogP contribution in [0.4, 0.5) is 4.39 Å². The molecular weight excluding hydrogens is 319 g/mol. The van der Waals surface area contributed by atoms with Crippen LogP contribution in [0.1, 0.15) is 64.7 Å². The van der Waals surface area contributed by atoms with E-state index in [1.54, 1.807) is 0 Å². The minimum Gasteiger partial charge on any atom is -0.493 e. The van der Waals surface area contributed by atoms with Crippen molar-refractivity contribution in [3.8, 4) is 5.75 Å². The molecule has 0 radical (unpaired) electrons. The predicted molar refractivity (Wildman–Crippen MR) is 99.4 cm³/mol. The van der Waals surface area contributed by atoms with E-state index in [0.717, 1.165) is 17.5 Å². The average Bonchev–Trinajstić information content (AvgIpc) is 2.53. The molecule has 1 aromatic rings. The van der Waals surface area contributed by atoms with Crippen molar-refractivity contribution in [3.63, 3.8) is 0 Å². The summed E-state index contributed by atoms with van der Waals surface area (Å²) in [5.41, 5.74) is 3.97. The van der Waals surface area contributed by atoms with Crippen molar-refractivity contribution < 1.29 is 19.0 Å². The van der Waals surface area contributed by atoms with Gasteiger partial charge in [0.1, 0.15) is 5.75 Å². The maximum Gasteiger partial charge on any atom is 0.365 e. The zero-order valence-corrected chi connectivity index (χ0v) is 15.9. The SMILES string of the molecule is CCOc1cc2c(cc1C(C)=C(F)C(=O)O)C(C(C)C)=CCC2(C)C. The van der Waals surface area contributed by atoms with Gasteiger partial charge in [0, 0.05) is 11.1 Å². The second-order valence-electron chi connectivity index (χ2n) is 7.47. The first kappa shape index (κ1) is 19.2. The Balaban J connectivity index is 2.79. The van der Waals surface area contributed by atoms with Gasteiger partial charge in [0.15, 0.2) is 0 Å². The van der Waals surface area contributed by atoms with Crippen LogP contribution in [0.15, 0.2) is 24.0 Å². The first-order valence-electron chi connectivity index (χ1n) is 8.72. The fraction of sp³-hybridized carbons (Fsp3) is 0.476. The smallest absolute Gasteiger partial charge is 0.365 e. The van der Waals surface area contributed by atoms with E-state index in [9.17, 15) is 9.18 Å². The van der Waals surface area contributed by atoms with Gasteiger partial charge in [-0.25, -0.2) is 4.79 Å². The van der Waals surface area contributed by atoms with Gasteiger partial charge in [0.25, 0.3) is 0 Å². The lowest BCUT2D eigenvalue weighted by atomic mass is 9.71. The molecule has 0 bridgehead atoms. The Hall–Kier alpha value is -2.10. The van der Waals surface area contributed by atoms with Gasteiger partial charge in [-0.15, -0.1) is 0 Å². The van der Waals surface area contributed by atoms with E-state index in [-0.39, 0.29) is 11.0 Å². The van der Waals surface area contributed by atoms with E-state index in [4.69, 9.17) is 9.84 Å². The minimum atomic E-state index is -1.56. The van der Waals surface area contributed by atoms with Gasteiger partial charge in [0.2, 0.25) is 5.83 Å². The summed E-state index contributed by atoms with van der Waals surface area (Å²) in [7, 11) is 0. The summed E-state index contributed by atoms with van der Waals surface area (Å²) in [6.07, 6.45) is 3.17. The summed E-state index contributed by atoms with van der Waals surface area (Å²) >= 11 is 0. The molecule has 0 unspecified atom stereocenters. The molecule has 1 aromatic carbocycles. The largest absolute Gasteiger partial charge is 0.493 e. The molecule has 0 atom stereocenters. The fourth-order valence-corrected chi connectivity index (χ4v) is 3.36. The standard InChI is InChI=1S/C21H27FO3/c1-7-25-18-11-17-16(10-15(18)13(4)19(22)20(23)24)14(12(2)3)8-9-21(17,5)6/h8,10-12H,7,9H2,1-6H3,(H,23,24). The summed E-state index contributed by atoms with van der Waals surface area (Å²) in [5, 5.41) is 9.01. The van der Waals surface area contributed by atoms with E-state index in [0.29, 0.717) is 23.8 Å². The molecule has 2 rings (SSSR count). The molecule has 0 heterocycles. The molecule has 136 valence electrons. The number of ether oxygens (including phenoxy) is 1. The summed E-state index contributed by atoms with van der Waals surface area (Å²) in [6.45, 7) is 12.4. The predicted octanol–water partition coefficient (Wildman–Crippen LogP) is 5.59. The quantitative estimate of drug-likeness (QED) is 0.707. The van der Waals surface area contributed by atoms with Crippen molar-refractivity contribution in [1.29, 1.82) is 0 Å². The van der Waals surface area contributed by atoms with E-state index in [2.05, 4.69) is 33.8 Å². The lowest BCUT2D eigenvalue weighted by molar-refractivity contribution is -0.134. The monoisotopic (exact) mass is 346 g/mol. The van der Waals surface area contributed by atoms with Crippen molar-refractivity contribution in [3.05, 3.63) is 40.7 Å². The number of hydrogen-bond donors (Lipinski definition) is 1. The topological polar surface area (TPSA) is 46.5 Å². The van der Waals surface area contributed by atoms with Gasteiger partial charge in [-0.2, -0.15) is 4.39 Å². The third kappa shape index (κ3) is 3.63. The summed E-state index contributed by atoms with van der Waals surface area (Å²) in [4.78, 5) is 11.1. The fourth-order valence-electron chi connectivity index (χ4n) is 3.36. The Morgan fingerprint density at radius 2 is 2.00 bits per heavy atom. The number of hydrogen-bond acceptors (Lipinski definition) is 2. The minimum absolute atomic E-state index is 0.0545. The molecule has 1 aliphatic carbocycles. The zero-order chi connectivity index (χ0) is 18.9. The van der Waals surface area contributed by atoms with Gasteiger partial charge in [-0.1, -0.05) is 33.8 Å². The van der Waals surface area contributed by atoms with Gasteiger partial charge in [-0.3, -0.25) is 0 Å². The van der Waals surface area contributed by atoms with Gasteiger partial charge in [0.05, 0.1) is 6.61 Å². The van der Waals surface area contributed by atoms with Crippen LogP contribution in [0.5, 0.6) is 5.75 Å². The summed E-state index contributed by atoms with van der Waals surface area (Å²) in [5.74, 6) is -1.84. The lowest BCUT2D eigenvalue weighted by Crippen LogP contribution is -2.23. The number of carboxylic acid groups (broad SMARTS) is 1. The Labute approximate surface area is 149 Å². The van der Waals surface area contributed by atoms with Gasteiger partial charge >= 0.3 is 5.97 Å². The van der Waals surface area contributed by atoms with Gasteiger partial charge < -0.3 is 9.84 Å². The molecule has 0 spiro atoms. The molecule has 0 amide bonds. The second-order valence-corrected chi connectivity index (χ2v) is 7.47. The van der Waals surface area contributed by atoms with Gasteiger partial charge in [-0.05, 0) is 60.4 Å². The normalized spacial score (nSPS) is 16.9. The number of aliphatic carboxylic acids is 1. The van der Waals surface area contributed by atoms with Crippen molar-refractivity contribution >= 4 is 17.1 Å². The number of benzene rings is 1. The molecule has 3 nitrogen and oxygen atoms in total. The molecule has 0 aliphatic heterocycles. The first-order chi connectivity index (χ1) is 11.6. The first-order valence-corrected chi connectivity index (χ1v) is 8.72. The van der Waals surface area contributed by atoms with Crippen LogP contribution in [0.3, 0.4) is 0 Å². The molecule has 1 N–H and O–H groups in total. The highest BCUT2D eigenvalue weighted by atomic mass is 19.1. The number of rotatable bonds is 5. The zero-order valence-electron chi connectivity index (χ0n) is 15.9. The Morgan fingerprint density at radius 3 is 2.52 bits per heavy atom. The number of halogens is 1.